The zero-order chi connectivity index (χ0) is 11.0. The van der Waals surface area contributed by atoms with Crippen LogP contribution >= 0.6 is 0 Å². The average molecular weight is 217 g/mol. The van der Waals surface area contributed by atoms with Crippen molar-refractivity contribution in [2.24, 2.45) is 0 Å². The first kappa shape index (κ1) is 10.2. The standard InChI is InChI=1S/C14H19NO/c1-16-11-5-6-12-10(9-11)4-7-14-13(12)3-2-8-15-14/h5-6,9,13-15H,2-4,7-8H2,1H3/t13?,14-/m1/s1. The van der Waals surface area contributed by atoms with E-state index in [1.165, 1.54) is 37.8 Å². The van der Waals surface area contributed by atoms with Gasteiger partial charge in [0.25, 0.3) is 0 Å². The number of aryl methyl sites for hydroxylation is 1. The first-order chi connectivity index (χ1) is 7.88. The zero-order valence-corrected chi connectivity index (χ0v) is 9.83. The lowest BCUT2D eigenvalue weighted by atomic mass is 9.75. The van der Waals surface area contributed by atoms with E-state index in [0.717, 1.165) is 17.7 Å². The lowest BCUT2D eigenvalue weighted by Crippen LogP contribution is -2.42. The highest BCUT2D eigenvalue weighted by molar-refractivity contribution is 5.40. The zero-order valence-electron chi connectivity index (χ0n) is 9.83. The molecule has 0 amide bonds. The van der Waals surface area contributed by atoms with Crippen molar-refractivity contribution in [3.8, 4) is 5.75 Å². The SMILES string of the molecule is COc1ccc2c(c1)CC[C@H]1NCCCC21. The minimum atomic E-state index is 0.717. The van der Waals surface area contributed by atoms with Crippen molar-refractivity contribution in [2.75, 3.05) is 13.7 Å². The summed E-state index contributed by atoms with van der Waals surface area (Å²) in [5.74, 6) is 1.74. The number of hydrogen-bond donors (Lipinski definition) is 1. The van der Waals surface area contributed by atoms with E-state index in [4.69, 9.17) is 4.74 Å². The van der Waals surface area contributed by atoms with Crippen molar-refractivity contribution in [3.63, 3.8) is 0 Å². The second-order valence-electron chi connectivity index (χ2n) is 4.91. The molecule has 1 fully saturated rings. The summed E-state index contributed by atoms with van der Waals surface area (Å²) >= 11 is 0. The molecule has 0 spiro atoms. The highest BCUT2D eigenvalue weighted by Gasteiger charge is 2.31. The highest BCUT2D eigenvalue weighted by Crippen LogP contribution is 2.38. The fourth-order valence-corrected chi connectivity index (χ4v) is 3.23. The van der Waals surface area contributed by atoms with Crippen LogP contribution in [0.2, 0.25) is 0 Å². The van der Waals surface area contributed by atoms with Gasteiger partial charge in [-0.1, -0.05) is 6.07 Å². The number of fused-ring (bicyclic) bond motifs is 3. The number of hydrogen-bond acceptors (Lipinski definition) is 2. The lowest BCUT2D eigenvalue weighted by molar-refractivity contribution is 0.318. The van der Waals surface area contributed by atoms with E-state index in [9.17, 15) is 0 Å². The molecule has 1 aromatic carbocycles. The molecule has 1 heterocycles. The van der Waals surface area contributed by atoms with Gasteiger partial charge in [0.2, 0.25) is 0 Å². The van der Waals surface area contributed by atoms with Crippen LogP contribution < -0.4 is 10.1 Å². The molecule has 2 aliphatic rings. The largest absolute Gasteiger partial charge is 0.497 e. The van der Waals surface area contributed by atoms with E-state index in [2.05, 4.69) is 23.5 Å². The summed E-state index contributed by atoms with van der Waals surface area (Å²) < 4.78 is 5.30. The molecule has 1 aliphatic heterocycles. The molecule has 0 saturated carbocycles. The van der Waals surface area contributed by atoms with E-state index in [-0.39, 0.29) is 0 Å². The molecular weight excluding hydrogens is 198 g/mol. The second kappa shape index (κ2) is 4.10. The van der Waals surface area contributed by atoms with Crippen LogP contribution in [0.4, 0.5) is 0 Å². The molecule has 1 saturated heterocycles. The maximum atomic E-state index is 5.30. The Labute approximate surface area is 97.0 Å². The molecule has 1 N–H and O–H groups in total. The Bertz CT molecular complexity index is 388. The quantitative estimate of drug-likeness (QED) is 0.780. The van der Waals surface area contributed by atoms with Gasteiger partial charge in [0, 0.05) is 6.04 Å². The molecule has 0 bridgehead atoms. The summed E-state index contributed by atoms with van der Waals surface area (Å²) in [6.45, 7) is 1.20. The summed E-state index contributed by atoms with van der Waals surface area (Å²) in [5.41, 5.74) is 3.06. The third-order valence-electron chi connectivity index (χ3n) is 4.06. The van der Waals surface area contributed by atoms with E-state index >= 15 is 0 Å². The van der Waals surface area contributed by atoms with Crippen LogP contribution in [-0.2, 0) is 6.42 Å². The van der Waals surface area contributed by atoms with Gasteiger partial charge in [-0.2, -0.15) is 0 Å². The molecule has 1 unspecified atom stereocenters. The van der Waals surface area contributed by atoms with Gasteiger partial charge in [-0.15, -0.1) is 0 Å². The van der Waals surface area contributed by atoms with E-state index in [0.29, 0.717) is 0 Å². The Kier molecular flexibility index (Phi) is 2.60. The normalized spacial score (nSPS) is 28.1. The highest BCUT2D eigenvalue weighted by atomic mass is 16.5. The Morgan fingerprint density at radius 3 is 3.12 bits per heavy atom. The van der Waals surface area contributed by atoms with Gasteiger partial charge in [-0.25, -0.2) is 0 Å². The number of methoxy groups -OCH3 is 1. The Balaban J connectivity index is 1.96. The molecule has 0 aromatic heterocycles. The number of nitrogens with one attached hydrogen (secondary N) is 1. The molecule has 2 nitrogen and oxygen atoms in total. The van der Waals surface area contributed by atoms with Crippen LogP contribution in [0, 0.1) is 0 Å². The van der Waals surface area contributed by atoms with Gasteiger partial charge in [-0.05, 0) is 61.4 Å². The third-order valence-corrected chi connectivity index (χ3v) is 4.06. The Hall–Kier alpha value is -1.02. The second-order valence-corrected chi connectivity index (χ2v) is 4.91. The van der Waals surface area contributed by atoms with Crippen LogP contribution in [0.15, 0.2) is 18.2 Å². The van der Waals surface area contributed by atoms with Crippen molar-refractivity contribution < 1.29 is 4.74 Å². The molecule has 1 aromatic rings. The predicted molar refractivity (Wildman–Crippen MR) is 65.1 cm³/mol. The van der Waals surface area contributed by atoms with Crippen molar-refractivity contribution in [3.05, 3.63) is 29.3 Å². The molecule has 2 atom stereocenters. The van der Waals surface area contributed by atoms with Gasteiger partial charge in [0.05, 0.1) is 7.11 Å². The number of piperidine rings is 1. The topological polar surface area (TPSA) is 21.3 Å². The first-order valence-electron chi connectivity index (χ1n) is 6.28. The minimum absolute atomic E-state index is 0.717. The van der Waals surface area contributed by atoms with Crippen LogP contribution in [0.25, 0.3) is 0 Å². The fraction of sp³-hybridized carbons (Fsp3) is 0.571. The van der Waals surface area contributed by atoms with Crippen LogP contribution in [0.5, 0.6) is 5.75 Å². The number of benzene rings is 1. The van der Waals surface area contributed by atoms with Gasteiger partial charge in [-0.3, -0.25) is 0 Å². The summed E-state index contributed by atoms with van der Waals surface area (Å²) in [6.07, 6.45) is 5.13. The van der Waals surface area contributed by atoms with Gasteiger partial charge in [0.15, 0.2) is 0 Å². The van der Waals surface area contributed by atoms with Crippen LogP contribution in [0.3, 0.4) is 0 Å². The van der Waals surface area contributed by atoms with Gasteiger partial charge < -0.3 is 10.1 Å². The predicted octanol–water partition coefficient (Wildman–Crippen LogP) is 2.48. The van der Waals surface area contributed by atoms with E-state index in [1.807, 2.05) is 0 Å². The number of rotatable bonds is 1. The molecule has 0 radical (unpaired) electrons. The molecule has 86 valence electrons. The summed E-state index contributed by atoms with van der Waals surface area (Å²) in [5, 5.41) is 3.66. The third kappa shape index (κ3) is 1.61. The Morgan fingerprint density at radius 2 is 2.25 bits per heavy atom. The van der Waals surface area contributed by atoms with Crippen molar-refractivity contribution in [2.45, 2.75) is 37.6 Å². The molecule has 2 heteroatoms. The molecule has 3 rings (SSSR count). The maximum absolute atomic E-state index is 5.30. The maximum Gasteiger partial charge on any atom is 0.119 e. The van der Waals surface area contributed by atoms with E-state index < -0.39 is 0 Å². The smallest absolute Gasteiger partial charge is 0.119 e. The summed E-state index contributed by atoms with van der Waals surface area (Å²) in [7, 11) is 1.75. The number of ether oxygens (including phenoxy) is 1. The van der Waals surface area contributed by atoms with Crippen LogP contribution in [0.1, 0.15) is 36.3 Å². The van der Waals surface area contributed by atoms with E-state index in [1.54, 1.807) is 12.7 Å². The Morgan fingerprint density at radius 1 is 1.31 bits per heavy atom. The summed E-state index contributed by atoms with van der Waals surface area (Å²) in [6, 6.07) is 7.32. The molecular formula is C14H19NO. The van der Waals surface area contributed by atoms with Gasteiger partial charge in [0.1, 0.15) is 5.75 Å². The van der Waals surface area contributed by atoms with Crippen molar-refractivity contribution >= 4 is 0 Å². The molecule has 16 heavy (non-hydrogen) atoms. The average Bonchev–Trinajstić information content (AvgIpc) is 2.38. The molecule has 1 aliphatic carbocycles. The monoisotopic (exact) mass is 217 g/mol. The fourth-order valence-electron chi connectivity index (χ4n) is 3.23. The van der Waals surface area contributed by atoms with Crippen LogP contribution in [-0.4, -0.2) is 19.7 Å². The van der Waals surface area contributed by atoms with Gasteiger partial charge >= 0.3 is 0 Å². The minimum Gasteiger partial charge on any atom is -0.497 e. The first-order valence-corrected chi connectivity index (χ1v) is 6.28. The van der Waals surface area contributed by atoms with Crippen molar-refractivity contribution in [1.29, 1.82) is 0 Å². The van der Waals surface area contributed by atoms with Crippen molar-refractivity contribution in [1.82, 2.24) is 5.32 Å². The summed E-state index contributed by atoms with van der Waals surface area (Å²) in [4.78, 5) is 0. The lowest BCUT2D eigenvalue weighted by Gasteiger charge is -2.38.